The minimum Gasteiger partial charge on any atom is -0.437 e. The van der Waals surface area contributed by atoms with Crippen molar-refractivity contribution < 1.29 is 17.6 Å². The molecule has 114 valence electrons. The van der Waals surface area contributed by atoms with Gasteiger partial charge in [0.25, 0.3) is 5.22 Å². The molecule has 0 bridgehead atoms. The summed E-state index contributed by atoms with van der Waals surface area (Å²) in [5.41, 5.74) is 6.49. The minimum absolute atomic E-state index is 0.390. The van der Waals surface area contributed by atoms with Gasteiger partial charge in [-0.1, -0.05) is 23.9 Å². The normalized spacial score (nSPS) is 13.4. The van der Waals surface area contributed by atoms with Crippen molar-refractivity contribution in [2.24, 2.45) is 5.73 Å². The van der Waals surface area contributed by atoms with Gasteiger partial charge < -0.3 is 10.2 Å². The fraction of sp³-hybridized carbons (Fsp3) is 0.357. The van der Waals surface area contributed by atoms with Gasteiger partial charge in [-0.05, 0) is 31.5 Å². The Kier molecular flexibility index (Phi) is 4.63. The van der Waals surface area contributed by atoms with Crippen LogP contribution in [-0.4, -0.2) is 10.7 Å². The fourth-order valence-corrected chi connectivity index (χ4v) is 2.61. The Bertz CT molecular complexity index is 605. The third-order valence-corrected chi connectivity index (χ3v) is 3.98. The summed E-state index contributed by atoms with van der Waals surface area (Å²) in [5.74, 6) is 1.12. The van der Waals surface area contributed by atoms with Gasteiger partial charge in [0.1, 0.15) is 5.76 Å². The lowest BCUT2D eigenvalue weighted by atomic mass is 10.1. The van der Waals surface area contributed by atoms with Gasteiger partial charge in [-0.15, -0.1) is 0 Å². The van der Waals surface area contributed by atoms with Gasteiger partial charge >= 0.3 is 6.18 Å². The lowest BCUT2D eigenvalue weighted by molar-refractivity contribution is -0.137. The Balaban J connectivity index is 2.05. The minimum atomic E-state index is -4.36. The molecule has 0 amide bonds. The molecule has 1 aromatic heterocycles. The summed E-state index contributed by atoms with van der Waals surface area (Å²) in [6.45, 7) is 3.63. The second-order valence-electron chi connectivity index (χ2n) is 4.66. The molecule has 0 aliphatic carbocycles. The number of thioether (sulfide) groups is 1. The van der Waals surface area contributed by atoms with E-state index in [2.05, 4.69) is 4.98 Å². The van der Waals surface area contributed by atoms with Gasteiger partial charge in [0.05, 0.1) is 11.3 Å². The number of halogens is 3. The molecule has 1 unspecified atom stereocenters. The first-order valence-electron chi connectivity index (χ1n) is 6.27. The number of aromatic nitrogens is 1. The first-order valence-corrected chi connectivity index (χ1v) is 7.25. The summed E-state index contributed by atoms with van der Waals surface area (Å²) < 4.78 is 43.4. The first-order chi connectivity index (χ1) is 9.77. The van der Waals surface area contributed by atoms with E-state index in [1.54, 1.807) is 13.0 Å². The molecule has 0 saturated heterocycles. The predicted octanol–water partition coefficient (Wildman–Crippen LogP) is 4.10. The standard InChI is InChI=1S/C14H15F3N2OS/c1-8-9(2)20-13(19-8)21-7-12(18)10-4-3-5-11(6-10)14(15,16)17/h3-6,12H,7,18H2,1-2H3. The molecular weight excluding hydrogens is 301 g/mol. The van der Waals surface area contributed by atoms with E-state index < -0.39 is 17.8 Å². The molecule has 1 atom stereocenters. The molecule has 2 aromatic rings. The van der Waals surface area contributed by atoms with Crippen molar-refractivity contribution in [2.75, 3.05) is 5.75 Å². The number of benzene rings is 1. The highest BCUT2D eigenvalue weighted by Crippen LogP contribution is 2.31. The van der Waals surface area contributed by atoms with Crippen molar-refractivity contribution in [1.29, 1.82) is 0 Å². The molecule has 2 N–H and O–H groups in total. The second-order valence-corrected chi connectivity index (χ2v) is 5.63. The summed E-state index contributed by atoms with van der Waals surface area (Å²) in [7, 11) is 0. The molecule has 0 fully saturated rings. The topological polar surface area (TPSA) is 52.0 Å². The highest BCUT2D eigenvalue weighted by atomic mass is 32.2. The average Bonchev–Trinajstić information content (AvgIpc) is 2.74. The highest BCUT2D eigenvalue weighted by molar-refractivity contribution is 7.99. The van der Waals surface area contributed by atoms with Gasteiger partial charge in [-0.3, -0.25) is 0 Å². The maximum Gasteiger partial charge on any atom is 0.416 e. The van der Waals surface area contributed by atoms with E-state index in [-0.39, 0.29) is 0 Å². The van der Waals surface area contributed by atoms with Gasteiger partial charge in [0.2, 0.25) is 0 Å². The van der Waals surface area contributed by atoms with Crippen LogP contribution in [0.1, 0.15) is 28.6 Å². The van der Waals surface area contributed by atoms with Crippen molar-refractivity contribution in [1.82, 2.24) is 4.98 Å². The fourth-order valence-electron chi connectivity index (χ4n) is 1.71. The lowest BCUT2D eigenvalue weighted by Crippen LogP contribution is -2.14. The maximum absolute atomic E-state index is 12.7. The summed E-state index contributed by atoms with van der Waals surface area (Å²) >= 11 is 1.29. The maximum atomic E-state index is 12.7. The van der Waals surface area contributed by atoms with Crippen LogP contribution in [0.3, 0.4) is 0 Å². The quantitative estimate of drug-likeness (QED) is 0.863. The van der Waals surface area contributed by atoms with Crippen LogP contribution < -0.4 is 5.73 Å². The molecule has 0 spiro atoms. The number of alkyl halides is 3. The first kappa shape index (κ1) is 15.9. The Morgan fingerprint density at radius 3 is 2.62 bits per heavy atom. The second kappa shape index (κ2) is 6.11. The summed E-state index contributed by atoms with van der Waals surface area (Å²) in [4.78, 5) is 4.19. The zero-order chi connectivity index (χ0) is 15.6. The van der Waals surface area contributed by atoms with Crippen molar-refractivity contribution in [3.8, 4) is 0 Å². The molecule has 7 heteroatoms. The Morgan fingerprint density at radius 2 is 2.05 bits per heavy atom. The number of nitrogens with two attached hydrogens (primary N) is 1. The van der Waals surface area contributed by atoms with Gasteiger partial charge in [0.15, 0.2) is 0 Å². The van der Waals surface area contributed by atoms with Crippen molar-refractivity contribution >= 4 is 11.8 Å². The van der Waals surface area contributed by atoms with E-state index in [9.17, 15) is 13.2 Å². The van der Waals surface area contributed by atoms with Crippen LogP contribution in [0, 0.1) is 13.8 Å². The number of hydrogen-bond donors (Lipinski definition) is 1. The molecule has 1 aromatic carbocycles. The van der Waals surface area contributed by atoms with E-state index in [1.165, 1.54) is 17.8 Å². The van der Waals surface area contributed by atoms with Gasteiger partial charge in [-0.2, -0.15) is 13.2 Å². The van der Waals surface area contributed by atoms with Crippen LogP contribution in [0.4, 0.5) is 13.2 Å². The third-order valence-electron chi connectivity index (χ3n) is 3.04. The lowest BCUT2D eigenvalue weighted by Gasteiger charge is -2.13. The average molecular weight is 316 g/mol. The number of rotatable bonds is 4. The molecule has 0 aliphatic rings. The van der Waals surface area contributed by atoms with Crippen LogP contribution >= 0.6 is 11.8 Å². The summed E-state index contributed by atoms with van der Waals surface area (Å²) in [6.07, 6.45) is -4.36. The monoisotopic (exact) mass is 316 g/mol. The van der Waals surface area contributed by atoms with Gasteiger partial charge in [-0.25, -0.2) is 4.98 Å². The van der Waals surface area contributed by atoms with E-state index >= 15 is 0 Å². The number of oxazole rings is 1. The van der Waals surface area contributed by atoms with E-state index in [4.69, 9.17) is 10.2 Å². The molecule has 1 heterocycles. The largest absolute Gasteiger partial charge is 0.437 e. The molecule has 3 nitrogen and oxygen atoms in total. The van der Waals surface area contributed by atoms with Crippen LogP contribution in [0.15, 0.2) is 33.9 Å². The van der Waals surface area contributed by atoms with E-state index in [0.29, 0.717) is 16.5 Å². The van der Waals surface area contributed by atoms with Crippen molar-refractivity contribution in [2.45, 2.75) is 31.3 Å². The number of nitrogens with zero attached hydrogens (tertiary/aromatic N) is 1. The van der Waals surface area contributed by atoms with E-state index in [0.717, 1.165) is 23.6 Å². The third kappa shape index (κ3) is 4.01. The Hall–Kier alpha value is -1.47. The molecule has 2 rings (SSSR count). The Morgan fingerprint density at radius 1 is 1.33 bits per heavy atom. The molecule has 0 aliphatic heterocycles. The van der Waals surface area contributed by atoms with Crippen molar-refractivity contribution in [3.63, 3.8) is 0 Å². The van der Waals surface area contributed by atoms with E-state index in [1.807, 2.05) is 6.92 Å². The predicted molar refractivity (Wildman–Crippen MR) is 75.1 cm³/mol. The van der Waals surface area contributed by atoms with Gasteiger partial charge in [0, 0.05) is 11.8 Å². The zero-order valence-electron chi connectivity index (χ0n) is 11.6. The molecular formula is C14H15F3N2OS. The molecule has 21 heavy (non-hydrogen) atoms. The number of hydrogen-bond acceptors (Lipinski definition) is 4. The van der Waals surface area contributed by atoms with Crippen molar-refractivity contribution in [3.05, 3.63) is 46.8 Å². The molecule has 0 saturated carbocycles. The van der Waals surface area contributed by atoms with Crippen LogP contribution in [0.2, 0.25) is 0 Å². The van der Waals surface area contributed by atoms with Crippen LogP contribution in [0.25, 0.3) is 0 Å². The Labute approximate surface area is 124 Å². The van der Waals surface area contributed by atoms with Crippen LogP contribution in [-0.2, 0) is 6.18 Å². The highest BCUT2D eigenvalue weighted by Gasteiger charge is 2.30. The SMILES string of the molecule is Cc1nc(SCC(N)c2cccc(C(F)(F)F)c2)oc1C. The smallest absolute Gasteiger partial charge is 0.416 e. The van der Waals surface area contributed by atoms with Crippen LogP contribution in [0.5, 0.6) is 0 Å². The molecule has 0 radical (unpaired) electrons. The number of aryl methyl sites for hydroxylation is 2. The summed E-state index contributed by atoms with van der Waals surface area (Å²) in [6, 6.07) is 4.54. The summed E-state index contributed by atoms with van der Waals surface area (Å²) in [5, 5.41) is 0.479. The zero-order valence-corrected chi connectivity index (χ0v) is 12.4.